The van der Waals surface area contributed by atoms with Gasteiger partial charge in [-0.3, -0.25) is 4.21 Å². The summed E-state index contributed by atoms with van der Waals surface area (Å²) < 4.78 is 74.5. The predicted octanol–water partition coefficient (Wildman–Crippen LogP) is 8.68. The standard InChI is InChI=1S/C32H47F5O3S/c1-30-17-15-26-25-12-11-24(38)21-23(25)20-22(29(26)27(30)13-14-28(30)39)10-7-5-3-2-4-6-8-18-41(40)19-9-16-31(33,34)32(35,36)37/h11-12,21-22,26-29,38-39H,2-10,13-20H2,1H3/t22?,26?,27?,28-,29?,30-,41+/m0/s1. The van der Waals surface area contributed by atoms with E-state index in [-0.39, 0.29) is 17.3 Å². The van der Waals surface area contributed by atoms with Crippen molar-refractivity contribution in [1.82, 2.24) is 0 Å². The van der Waals surface area contributed by atoms with Gasteiger partial charge in [0.05, 0.1) is 6.10 Å². The second-order valence-electron chi connectivity index (χ2n) is 13.2. The van der Waals surface area contributed by atoms with Crippen molar-refractivity contribution in [3.05, 3.63) is 29.3 Å². The lowest BCUT2D eigenvalue weighted by molar-refractivity contribution is -0.284. The van der Waals surface area contributed by atoms with Gasteiger partial charge in [0.15, 0.2) is 0 Å². The Bertz CT molecular complexity index is 1030. The van der Waals surface area contributed by atoms with E-state index in [2.05, 4.69) is 13.0 Å². The molecule has 0 amide bonds. The maximum absolute atomic E-state index is 13.0. The minimum Gasteiger partial charge on any atom is -0.508 e. The molecule has 3 aliphatic carbocycles. The number of aliphatic hydroxyl groups excluding tert-OH is 1. The first kappa shape index (κ1) is 32.7. The molecule has 0 heterocycles. The molecule has 0 radical (unpaired) electrons. The van der Waals surface area contributed by atoms with Gasteiger partial charge in [0.2, 0.25) is 0 Å². The number of aliphatic hydroxyl groups is 1. The van der Waals surface area contributed by atoms with Crippen molar-refractivity contribution in [1.29, 1.82) is 0 Å². The van der Waals surface area contributed by atoms with Crippen molar-refractivity contribution in [2.75, 3.05) is 11.5 Å². The number of unbranched alkanes of at least 4 members (excludes halogenated alkanes) is 6. The largest absolute Gasteiger partial charge is 0.508 e. The molecule has 2 N–H and O–H groups in total. The molecule has 0 aliphatic heterocycles. The third-order valence-electron chi connectivity index (χ3n) is 10.6. The molecule has 4 unspecified atom stereocenters. The van der Waals surface area contributed by atoms with Crippen LogP contribution >= 0.6 is 0 Å². The Kier molecular flexibility index (Phi) is 10.8. The fourth-order valence-corrected chi connectivity index (χ4v) is 9.48. The van der Waals surface area contributed by atoms with Crippen molar-refractivity contribution >= 4 is 10.8 Å². The van der Waals surface area contributed by atoms with E-state index in [0.717, 1.165) is 77.0 Å². The number of rotatable bonds is 14. The highest BCUT2D eigenvalue weighted by molar-refractivity contribution is 7.84. The van der Waals surface area contributed by atoms with Gasteiger partial charge in [0, 0.05) is 28.7 Å². The molecule has 41 heavy (non-hydrogen) atoms. The molecule has 0 spiro atoms. The quantitative estimate of drug-likeness (QED) is 0.165. The Hall–Kier alpha value is -1.22. The van der Waals surface area contributed by atoms with Crippen LogP contribution < -0.4 is 0 Å². The third-order valence-corrected chi connectivity index (χ3v) is 12.0. The third kappa shape index (κ3) is 7.66. The Labute approximate surface area is 244 Å². The van der Waals surface area contributed by atoms with Crippen LogP contribution in [0.3, 0.4) is 0 Å². The summed E-state index contributed by atoms with van der Waals surface area (Å²) in [4.78, 5) is 0. The molecule has 1 aromatic rings. The molecule has 2 saturated carbocycles. The van der Waals surface area contributed by atoms with Crippen LogP contribution in [0.2, 0.25) is 0 Å². The van der Waals surface area contributed by atoms with Gasteiger partial charge in [0.25, 0.3) is 0 Å². The van der Waals surface area contributed by atoms with Gasteiger partial charge in [-0.15, -0.1) is 0 Å². The molecule has 2 fully saturated rings. The molecule has 3 aliphatic rings. The van der Waals surface area contributed by atoms with Gasteiger partial charge in [-0.1, -0.05) is 51.5 Å². The minimum atomic E-state index is -5.54. The van der Waals surface area contributed by atoms with E-state index < -0.39 is 35.7 Å². The highest BCUT2D eigenvalue weighted by Crippen LogP contribution is 2.62. The zero-order valence-corrected chi connectivity index (χ0v) is 25.1. The fraction of sp³-hybridized carbons (Fsp3) is 0.812. The van der Waals surface area contributed by atoms with E-state index in [0.29, 0.717) is 41.6 Å². The van der Waals surface area contributed by atoms with Gasteiger partial charge in [0.1, 0.15) is 5.75 Å². The maximum Gasteiger partial charge on any atom is 0.453 e. The number of aromatic hydroxyl groups is 1. The van der Waals surface area contributed by atoms with Crippen LogP contribution in [-0.2, 0) is 17.2 Å². The molecule has 234 valence electrons. The second-order valence-corrected chi connectivity index (χ2v) is 14.9. The Morgan fingerprint density at radius 1 is 0.927 bits per heavy atom. The molecule has 0 saturated heterocycles. The normalized spacial score (nSPS) is 30.5. The SMILES string of the molecule is C[C@]12CCC3c4ccc(O)cc4CC(CCCCCCCCC[S@@](=O)CCCC(F)(F)C(F)(F)F)C3C1CC[C@@H]2O. The number of hydrogen-bond acceptors (Lipinski definition) is 3. The van der Waals surface area contributed by atoms with E-state index in [9.17, 15) is 36.4 Å². The van der Waals surface area contributed by atoms with Gasteiger partial charge in [-0.05, 0) is 104 Å². The smallest absolute Gasteiger partial charge is 0.453 e. The number of halogens is 5. The summed E-state index contributed by atoms with van der Waals surface area (Å²) in [5.74, 6) is -1.91. The highest BCUT2D eigenvalue weighted by atomic mass is 32.2. The number of phenols is 1. The zero-order chi connectivity index (χ0) is 29.8. The van der Waals surface area contributed by atoms with E-state index in [4.69, 9.17) is 0 Å². The lowest BCUT2D eigenvalue weighted by atomic mass is 9.52. The minimum absolute atomic E-state index is 0.0195. The van der Waals surface area contributed by atoms with Crippen LogP contribution in [0.1, 0.15) is 114 Å². The van der Waals surface area contributed by atoms with Gasteiger partial charge < -0.3 is 10.2 Å². The Balaban J connectivity index is 1.15. The second kappa shape index (κ2) is 13.6. The summed E-state index contributed by atoms with van der Waals surface area (Å²) in [7, 11) is -1.35. The highest BCUT2D eigenvalue weighted by Gasteiger charge is 2.57. The average Bonchev–Trinajstić information content (AvgIpc) is 3.20. The van der Waals surface area contributed by atoms with Crippen molar-refractivity contribution in [2.45, 2.75) is 127 Å². The maximum atomic E-state index is 13.0. The number of phenolic OH excluding ortho intramolecular Hbond substituents is 1. The molecule has 7 atom stereocenters. The van der Waals surface area contributed by atoms with Crippen LogP contribution in [0.25, 0.3) is 0 Å². The topological polar surface area (TPSA) is 57.5 Å². The molecular weight excluding hydrogens is 559 g/mol. The summed E-state index contributed by atoms with van der Waals surface area (Å²) in [6, 6.07) is 5.92. The molecule has 3 nitrogen and oxygen atoms in total. The number of alkyl halides is 5. The van der Waals surface area contributed by atoms with Crippen LogP contribution in [0, 0.1) is 23.2 Å². The van der Waals surface area contributed by atoms with Gasteiger partial charge in [-0.2, -0.15) is 22.0 Å². The summed E-state index contributed by atoms with van der Waals surface area (Å²) in [5, 5.41) is 21.0. The molecule has 0 bridgehead atoms. The van der Waals surface area contributed by atoms with Crippen molar-refractivity contribution in [2.24, 2.45) is 23.2 Å². The molecule has 4 rings (SSSR count). The first-order chi connectivity index (χ1) is 19.3. The van der Waals surface area contributed by atoms with E-state index in [1.54, 1.807) is 0 Å². The lowest BCUT2D eigenvalue weighted by Gasteiger charge is -2.53. The number of benzene rings is 1. The first-order valence-corrected chi connectivity index (χ1v) is 17.1. The van der Waals surface area contributed by atoms with E-state index >= 15 is 0 Å². The van der Waals surface area contributed by atoms with Crippen LogP contribution in [0.5, 0.6) is 5.75 Å². The monoisotopic (exact) mass is 606 g/mol. The molecule has 1 aromatic carbocycles. The zero-order valence-electron chi connectivity index (χ0n) is 24.2. The molecule has 9 heteroatoms. The van der Waals surface area contributed by atoms with Gasteiger partial charge in [-0.25, -0.2) is 0 Å². The Morgan fingerprint density at radius 2 is 1.59 bits per heavy atom. The summed E-state index contributed by atoms with van der Waals surface area (Å²) in [5.41, 5.74) is 2.73. The summed E-state index contributed by atoms with van der Waals surface area (Å²) in [6.07, 6.45) is 5.97. The Morgan fingerprint density at radius 3 is 2.29 bits per heavy atom. The molecular formula is C32H47F5O3S. The number of hydrogen-bond donors (Lipinski definition) is 2. The van der Waals surface area contributed by atoms with Gasteiger partial charge >= 0.3 is 12.1 Å². The molecule has 0 aromatic heterocycles. The van der Waals surface area contributed by atoms with Crippen molar-refractivity contribution in [3.63, 3.8) is 0 Å². The number of fused-ring (bicyclic) bond motifs is 5. The first-order valence-electron chi connectivity index (χ1n) is 15.6. The van der Waals surface area contributed by atoms with Crippen LogP contribution in [0.4, 0.5) is 22.0 Å². The predicted molar refractivity (Wildman–Crippen MR) is 153 cm³/mol. The fourth-order valence-electron chi connectivity index (χ4n) is 8.28. The summed E-state index contributed by atoms with van der Waals surface area (Å²) >= 11 is 0. The summed E-state index contributed by atoms with van der Waals surface area (Å²) in [6.45, 7) is 2.30. The van der Waals surface area contributed by atoms with Crippen molar-refractivity contribution in [3.8, 4) is 5.75 Å². The van der Waals surface area contributed by atoms with Crippen LogP contribution in [-0.4, -0.2) is 44.1 Å². The van der Waals surface area contributed by atoms with E-state index in [1.807, 2.05) is 12.1 Å². The van der Waals surface area contributed by atoms with E-state index in [1.165, 1.54) is 11.1 Å². The average molecular weight is 607 g/mol. The van der Waals surface area contributed by atoms with Crippen molar-refractivity contribution < 1.29 is 36.4 Å². The lowest BCUT2D eigenvalue weighted by Crippen LogP contribution is -2.47. The van der Waals surface area contributed by atoms with Crippen LogP contribution in [0.15, 0.2) is 18.2 Å².